The van der Waals surface area contributed by atoms with Crippen LogP contribution in [-0.4, -0.2) is 45.2 Å². The van der Waals surface area contributed by atoms with Crippen molar-refractivity contribution in [2.45, 2.75) is 0 Å². The fraction of sp³-hybridized carbons (Fsp3) is 0.148. The molecule has 2 amide bonds. The molecule has 0 aliphatic carbocycles. The number of hydrogen-bond donors (Lipinski definition) is 2. The number of anilines is 1. The van der Waals surface area contributed by atoms with Crippen molar-refractivity contribution in [3.8, 4) is 28.5 Å². The molecular formula is C27H24FN3O5. The van der Waals surface area contributed by atoms with E-state index in [9.17, 15) is 14.0 Å². The number of carbonyl (C=O) groups is 2. The summed E-state index contributed by atoms with van der Waals surface area (Å²) in [5, 5.41) is 5.76. The van der Waals surface area contributed by atoms with Crippen LogP contribution in [0.25, 0.3) is 22.2 Å². The average Bonchev–Trinajstić information content (AvgIpc) is 2.91. The summed E-state index contributed by atoms with van der Waals surface area (Å²) in [4.78, 5) is 30.1. The molecular weight excluding hydrogens is 465 g/mol. The molecule has 0 fully saturated rings. The lowest BCUT2D eigenvalue weighted by Crippen LogP contribution is -2.20. The van der Waals surface area contributed by atoms with E-state index < -0.39 is 17.6 Å². The van der Waals surface area contributed by atoms with Crippen LogP contribution in [0.1, 0.15) is 20.7 Å². The van der Waals surface area contributed by atoms with Gasteiger partial charge in [0, 0.05) is 23.7 Å². The molecule has 0 aliphatic rings. The van der Waals surface area contributed by atoms with Gasteiger partial charge in [0.15, 0.2) is 11.5 Å². The predicted molar refractivity (Wildman–Crippen MR) is 135 cm³/mol. The number of fused-ring (bicyclic) bond motifs is 1. The monoisotopic (exact) mass is 489 g/mol. The van der Waals surface area contributed by atoms with Gasteiger partial charge in [-0.1, -0.05) is 18.2 Å². The van der Waals surface area contributed by atoms with Crippen molar-refractivity contribution in [3.05, 3.63) is 77.6 Å². The number of pyridine rings is 1. The highest BCUT2D eigenvalue weighted by atomic mass is 19.1. The van der Waals surface area contributed by atoms with E-state index in [1.807, 2.05) is 12.1 Å². The molecule has 1 heterocycles. The van der Waals surface area contributed by atoms with Gasteiger partial charge < -0.3 is 24.8 Å². The molecule has 184 valence electrons. The molecule has 4 aromatic rings. The van der Waals surface area contributed by atoms with E-state index in [1.54, 1.807) is 30.3 Å². The third kappa shape index (κ3) is 4.63. The molecule has 2 N–H and O–H groups in total. The average molecular weight is 490 g/mol. The number of para-hydroxylation sites is 1. The molecule has 0 spiro atoms. The molecule has 0 aliphatic heterocycles. The minimum absolute atomic E-state index is 0.173. The summed E-state index contributed by atoms with van der Waals surface area (Å²) in [5.74, 6) is -0.404. The number of rotatable bonds is 7. The van der Waals surface area contributed by atoms with E-state index in [1.165, 1.54) is 40.5 Å². The second-order valence-corrected chi connectivity index (χ2v) is 7.71. The summed E-state index contributed by atoms with van der Waals surface area (Å²) >= 11 is 0. The zero-order valence-electron chi connectivity index (χ0n) is 20.1. The van der Waals surface area contributed by atoms with Crippen LogP contribution in [0.4, 0.5) is 10.1 Å². The maximum Gasteiger partial charge on any atom is 0.256 e. The van der Waals surface area contributed by atoms with Gasteiger partial charge in [0.1, 0.15) is 5.82 Å². The topological polar surface area (TPSA) is 98.8 Å². The third-order valence-electron chi connectivity index (χ3n) is 5.62. The van der Waals surface area contributed by atoms with E-state index in [4.69, 9.17) is 19.2 Å². The van der Waals surface area contributed by atoms with Crippen molar-refractivity contribution in [3.63, 3.8) is 0 Å². The lowest BCUT2D eigenvalue weighted by molar-refractivity contribution is 0.0957. The Morgan fingerprint density at radius 1 is 0.833 bits per heavy atom. The van der Waals surface area contributed by atoms with Crippen molar-refractivity contribution < 1.29 is 28.2 Å². The number of nitrogens with zero attached hydrogens (tertiary/aromatic N) is 1. The number of carbonyl (C=O) groups excluding carboxylic acids is 2. The summed E-state index contributed by atoms with van der Waals surface area (Å²) in [7, 11) is 5.95. The van der Waals surface area contributed by atoms with Crippen molar-refractivity contribution in [2.24, 2.45) is 0 Å². The standard InChI is InChI=1S/C27H24FN3O5/c1-29-26(32)19-13-16(9-10-20(19)28)30-27(33)18-14-22(31-21-8-6-5-7-17(18)21)15-11-23(34-2)25(36-4)24(12-15)35-3/h5-14H,1-4H3,(H,29,32)(H,30,33). The number of ether oxygens (including phenoxy) is 3. The Hall–Kier alpha value is -4.66. The molecule has 0 radical (unpaired) electrons. The summed E-state index contributed by atoms with van der Waals surface area (Å²) in [6.45, 7) is 0. The molecule has 4 rings (SSSR count). The Bertz CT molecular complexity index is 1450. The zero-order valence-corrected chi connectivity index (χ0v) is 20.1. The molecule has 0 atom stereocenters. The molecule has 36 heavy (non-hydrogen) atoms. The highest BCUT2D eigenvalue weighted by molar-refractivity contribution is 6.13. The number of aromatic nitrogens is 1. The van der Waals surface area contributed by atoms with Crippen LogP contribution in [0.3, 0.4) is 0 Å². The quantitative estimate of drug-likeness (QED) is 0.391. The van der Waals surface area contributed by atoms with E-state index >= 15 is 0 Å². The lowest BCUT2D eigenvalue weighted by Gasteiger charge is -2.15. The Kier molecular flexibility index (Phi) is 7.00. The van der Waals surface area contributed by atoms with Crippen molar-refractivity contribution in [2.75, 3.05) is 33.7 Å². The minimum Gasteiger partial charge on any atom is -0.493 e. The van der Waals surface area contributed by atoms with Gasteiger partial charge in [0.25, 0.3) is 11.8 Å². The number of nitrogens with one attached hydrogen (secondary N) is 2. The first-order valence-electron chi connectivity index (χ1n) is 10.9. The van der Waals surface area contributed by atoms with Gasteiger partial charge in [-0.25, -0.2) is 9.37 Å². The Morgan fingerprint density at radius 3 is 2.17 bits per heavy atom. The first-order valence-corrected chi connectivity index (χ1v) is 10.9. The Labute approximate surface area is 207 Å². The second-order valence-electron chi connectivity index (χ2n) is 7.71. The summed E-state index contributed by atoms with van der Waals surface area (Å²) in [6.07, 6.45) is 0. The molecule has 8 nitrogen and oxygen atoms in total. The number of hydrogen-bond acceptors (Lipinski definition) is 6. The number of halogens is 1. The maximum absolute atomic E-state index is 14.1. The zero-order chi connectivity index (χ0) is 25.8. The first-order chi connectivity index (χ1) is 17.4. The number of benzene rings is 3. The van der Waals surface area contributed by atoms with E-state index in [-0.39, 0.29) is 11.3 Å². The van der Waals surface area contributed by atoms with Crippen molar-refractivity contribution in [1.82, 2.24) is 10.3 Å². The van der Waals surface area contributed by atoms with Crippen LogP contribution in [0, 0.1) is 5.82 Å². The number of methoxy groups -OCH3 is 3. The van der Waals surface area contributed by atoms with Gasteiger partial charge in [-0.15, -0.1) is 0 Å². The minimum atomic E-state index is -0.689. The SMILES string of the molecule is CNC(=O)c1cc(NC(=O)c2cc(-c3cc(OC)c(OC)c(OC)c3)nc3ccccc23)ccc1F. The van der Waals surface area contributed by atoms with Crippen LogP contribution in [0.2, 0.25) is 0 Å². The van der Waals surface area contributed by atoms with Gasteiger partial charge in [-0.05, 0) is 42.5 Å². The summed E-state index contributed by atoms with van der Waals surface area (Å²) in [6, 6.07) is 16.2. The first kappa shape index (κ1) is 24.5. The molecule has 0 unspecified atom stereocenters. The molecule has 3 aromatic carbocycles. The fourth-order valence-electron chi connectivity index (χ4n) is 3.85. The second kappa shape index (κ2) is 10.3. The third-order valence-corrected chi connectivity index (χ3v) is 5.62. The largest absolute Gasteiger partial charge is 0.493 e. The molecule has 0 saturated carbocycles. The smallest absolute Gasteiger partial charge is 0.256 e. The van der Waals surface area contributed by atoms with Crippen LogP contribution in [0.15, 0.2) is 60.7 Å². The van der Waals surface area contributed by atoms with Gasteiger partial charge >= 0.3 is 0 Å². The highest BCUT2D eigenvalue weighted by Crippen LogP contribution is 2.41. The van der Waals surface area contributed by atoms with Gasteiger partial charge in [-0.3, -0.25) is 9.59 Å². The lowest BCUT2D eigenvalue weighted by atomic mass is 10.0. The van der Waals surface area contributed by atoms with Crippen LogP contribution in [0.5, 0.6) is 17.2 Å². The molecule has 0 saturated heterocycles. The summed E-state index contributed by atoms with van der Waals surface area (Å²) < 4.78 is 30.4. The predicted octanol–water partition coefficient (Wildman–Crippen LogP) is 4.68. The number of amides is 2. The normalized spacial score (nSPS) is 10.6. The Morgan fingerprint density at radius 2 is 1.53 bits per heavy atom. The van der Waals surface area contributed by atoms with Gasteiger partial charge in [-0.2, -0.15) is 0 Å². The van der Waals surface area contributed by atoms with E-state index in [2.05, 4.69) is 10.6 Å². The van der Waals surface area contributed by atoms with Gasteiger partial charge in [0.05, 0.1) is 43.7 Å². The Balaban J connectivity index is 1.81. The molecule has 9 heteroatoms. The van der Waals surface area contributed by atoms with Crippen LogP contribution >= 0.6 is 0 Å². The van der Waals surface area contributed by atoms with Crippen molar-refractivity contribution >= 4 is 28.4 Å². The fourth-order valence-corrected chi connectivity index (χ4v) is 3.85. The highest BCUT2D eigenvalue weighted by Gasteiger charge is 2.19. The summed E-state index contributed by atoms with van der Waals surface area (Å²) in [5.41, 5.74) is 2.19. The van der Waals surface area contributed by atoms with E-state index in [0.29, 0.717) is 45.0 Å². The molecule has 0 bridgehead atoms. The van der Waals surface area contributed by atoms with E-state index in [0.717, 1.165) is 6.07 Å². The van der Waals surface area contributed by atoms with Crippen LogP contribution in [-0.2, 0) is 0 Å². The van der Waals surface area contributed by atoms with Gasteiger partial charge in [0.2, 0.25) is 5.75 Å². The van der Waals surface area contributed by atoms with Crippen LogP contribution < -0.4 is 24.8 Å². The molecule has 1 aromatic heterocycles. The maximum atomic E-state index is 14.1. The van der Waals surface area contributed by atoms with Crippen molar-refractivity contribution in [1.29, 1.82) is 0 Å².